The Morgan fingerprint density at radius 1 is 1.28 bits per heavy atom. The van der Waals surface area contributed by atoms with Gasteiger partial charge in [0.25, 0.3) is 0 Å². The molecule has 0 saturated carbocycles. The lowest BCUT2D eigenvalue weighted by atomic mass is 10.1. The first kappa shape index (κ1) is 15.4. The van der Waals surface area contributed by atoms with Gasteiger partial charge in [-0.15, -0.1) is 11.3 Å². The lowest BCUT2D eigenvalue weighted by molar-refractivity contribution is -0.116. The molecule has 4 aromatic rings. The molecule has 0 bridgehead atoms. The number of aromatic nitrogens is 5. The van der Waals surface area contributed by atoms with Crippen LogP contribution in [0.3, 0.4) is 0 Å². The molecule has 25 heavy (non-hydrogen) atoms. The molecule has 0 radical (unpaired) electrons. The van der Waals surface area contributed by atoms with Gasteiger partial charge in [0.1, 0.15) is 18.4 Å². The van der Waals surface area contributed by atoms with Crippen LogP contribution in [0.5, 0.6) is 0 Å². The Morgan fingerprint density at radius 2 is 2.16 bits per heavy atom. The van der Waals surface area contributed by atoms with Crippen LogP contribution in [0.2, 0.25) is 0 Å². The second kappa shape index (κ2) is 6.40. The predicted octanol–water partition coefficient (Wildman–Crippen LogP) is 2.90. The average molecular weight is 350 g/mol. The third kappa shape index (κ3) is 3.11. The van der Waals surface area contributed by atoms with Crippen molar-refractivity contribution < 1.29 is 4.79 Å². The molecule has 0 unspecified atom stereocenters. The SMILES string of the molecule is Cc1ccccc1-c1csc(NC(=O)Cn2cnc3ncncc32)n1. The Hall–Kier alpha value is -3.13. The van der Waals surface area contributed by atoms with Crippen molar-refractivity contribution in [3.8, 4) is 11.3 Å². The van der Waals surface area contributed by atoms with Crippen LogP contribution in [0.15, 0.2) is 48.5 Å². The maximum atomic E-state index is 12.3. The number of aryl methyl sites for hydroxylation is 1. The van der Waals surface area contributed by atoms with Crippen LogP contribution in [-0.4, -0.2) is 30.4 Å². The average Bonchev–Trinajstić information content (AvgIpc) is 3.23. The van der Waals surface area contributed by atoms with E-state index >= 15 is 0 Å². The fourth-order valence-corrected chi connectivity index (χ4v) is 3.29. The standard InChI is InChI=1S/C17H14N6OS/c1-11-4-2-3-5-12(11)13-8-25-17(21-13)22-15(24)7-23-10-20-16-14(23)6-18-9-19-16/h2-6,8-10H,7H2,1H3,(H,21,22,24). The third-order valence-corrected chi connectivity index (χ3v) is 4.54. The van der Waals surface area contributed by atoms with E-state index in [-0.39, 0.29) is 12.5 Å². The quantitative estimate of drug-likeness (QED) is 0.612. The summed E-state index contributed by atoms with van der Waals surface area (Å²) in [7, 11) is 0. The number of hydrogen-bond acceptors (Lipinski definition) is 6. The van der Waals surface area contributed by atoms with Crippen molar-refractivity contribution in [3.05, 3.63) is 54.1 Å². The maximum Gasteiger partial charge on any atom is 0.246 e. The Balaban J connectivity index is 1.49. The van der Waals surface area contributed by atoms with E-state index in [4.69, 9.17) is 0 Å². The van der Waals surface area contributed by atoms with E-state index in [1.165, 1.54) is 17.7 Å². The van der Waals surface area contributed by atoms with Crippen LogP contribution >= 0.6 is 11.3 Å². The van der Waals surface area contributed by atoms with Gasteiger partial charge in [-0.2, -0.15) is 0 Å². The van der Waals surface area contributed by atoms with Crippen molar-refractivity contribution in [2.75, 3.05) is 5.32 Å². The van der Waals surface area contributed by atoms with E-state index in [2.05, 4.69) is 25.3 Å². The summed E-state index contributed by atoms with van der Waals surface area (Å²) in [4.78, 5) is 29.0. The molecule has 0 atom stereocenters. The van der Waals surface area contributed by atoms with Crippen LogP contribution in [0, 0.1) is 6.92 Å². The van der Waals surface area contributed by atoms with Gasteiger partial charge in [-0.3, -0.25) is 4.79 Å². The third-order valence-electron chi connectivity index (χ3n) is 3.79. The van der Waals surface area contributed by atoms with Gasteiger partial charge in [-0.25, -0.2) is 19.9 Å². The highest BCUT2D eigenvalue weighted by Gasteiger charge is 2.11. The summed E-state index contributed by atoms with van der Waals surface area (Å²) >= 11 is 1.41. The highest BCUT2D eigenvalue weighted by Crippen LogP contribution is 2.27. The Bertz CT molecular complexity index is 1050. The predicted molar refractivity (Wildman–Crippen MR) is 96.2 cm³/mol. The maximum absolute atomic E-state index is 12.3. The van der Waals surface area contributed by atoms with Crippen LogP contribution in [0.4, 0.5) is 5.13 Å². The van der Waals surface area contributed by atoms with Gasteiger partial charge in [-0.1, -0.05) is 24.3 Å². The zero-order valence-corrected chi connectivity index (χ0v) is 14.2. The molecule has 0 fully saturated rings. The first-order valence-corrected chi connectivity index (χ1v) is 8.51. The number of imidazole rings is 1. The number of thiazole rings is 1. The van der Waals surface area contributed by atoms with E-state index < -0.39 is 0 Å². The van der Waals surface area contributed by atoms with Gasteiger partial charge in [-0.05, 0) is 12.5 Å². The molecular weight excluding hydrogens is 336 g/mol. The van der Waals surface area contributed by atoms with Gasteiger partial charge >= 0.3 is 0 Å². The number of carbonyl (C=O) groups excluding carboxylic acids is 1. The van der Waals surface area contributed by atoms with E-state index in [1.807, 2.05) is 36.6 Å². The number of carbonyl (C=O) groups is 1. The van der Waals surface area contributed by atoms with Crippen molar-refractivity contribution in [3.63, 3.8) is 0 Å². The summed E-state index contributed by atoms with van der Waals surface area (Å²) < 4.78 is 1.71. The normalized spacial score (nSPS) is 10.9. The molecule has 3 heterocycles. The summed E-state index contributed by atoms with van der Waals surface area (Å²) in [5.41, 5.74) is 4.36. The largest absolute Gasteiger partial charge is 0.318 e. The minimum absolute atomic E-state index is 0.128. The molecule has 4 rings (SSSR count). The van der Waals surface area contributed by atoms with E-state index in [9.17, 15) is 4.79 Å². The van der Waals surface area contributed by atoms with Crippen LogP contribution in [0.25, 0.3) is 22.4 Å². The molecule has 0 aliphatic rings. The molecule has 1 aromatic carbocycles. The summed E-state index contributed by atoms with van der Waals surface area (Å²) in [6.07, 6.45) is 4.66. The smallest absolute Gasteiger partial charge is 0.246 e. The number of nitrogens with zero attached hydrogens (tertiary/aromatic N) is 5. The molecule has 0 aliphatic carbocycles. The van der Waals surface area contributed by atoms with Gasteiger partial charge in [0.2, 0.25) is 5.91 Å². The van der Waals surface area contributed by atoms with Crippen LogP contribution in [0.1, 0.15) is 5.56 Å². The van der Waals surface area contributed by atoms with Gasteiger partial charge in [0, 0.05) is 10.9 Å². The molecule has 7 nitrogen and oxygen atoms in total. The lowest BCUT2D eigenvalue weighted by Gasteiger charge is -2.04. The van der Waals surface area contributed by atoms with Crippen LogP contribution < -0.4 is 5.32 Å². The molecule has 1 N–H and O–H groups in total. The van der Waals surface area contributed by atoms with Crippen LogP contribution in [-0.2, 0) is 11.3 Å². The molecule has 3 aromatic heterocycles. The number of fused-ring (bicyclic) bond motifs is 1. The van der Waals surface area contributed by atoms with Crippen molar-refractivity contribution in [2.24, 2.45) is 0 Å². The van der Waals surface area contributed by atoms with Crippen molar-refractivity contribution >= 4 is 33.5 Å². The van der Waals surface area contributed by atoms with Gasteiger partial charge in [0.05, 0.1) is 18.2 Å². The molecule has 1 amide bonds. The fraction of sp³-hybridized carbons (Fsp3) is 0.118. The van der Waals surface area contributed by atoms with E-state index in [0.717, 1.165) is 22.3 Å². The molecule has 124 valence electrons. The number of benzene rings is 1. The Kier molecular flexibility index (Phi) is 3.95. The minimum Gasteiger partial charge on any atom is -0.318 e. The Labute approximate surface area is 147 Å². The minimum atomic E-state index is -0.172. The topological polar surface area (TPSA) is 85.6 Å². The monoisotopic (exact) mass is 350 g/mol. The zero-order chi connectivity index (χ0) is 17.2. The van der Waals surface area contributed by atoms with Crippen molar-refractivity contribution in [1.29, 1.82) is 0 Å². The van der Waals surface area contributed by atoms with Crippen molar-refractivity contribution in [2.45, 2.75) is 13.5 Å². The summed E-state index contributed by atoms with van der Waals surface area (Å²) in [5.74, 6) is -0.172. The van der Waals surface area contributed by atoms with E-state index in [0.29, 0.717) is 10.8 Å². The highest BCUT2D eigenvalue weighted by molar-refractivity contribution is 7.14. The second-order valence-electron chi connectivity index (χ2n) is 5.51. The number of hydrogen-bond donors (Lipinski definition) is 1. The van der Waals surface area contributed by atoms with Crippen molar-refractivity contribution in [1.82, 2.24) is 24.5 Å². The number of amides is 1. The van der Waals surface area contributed by atoms with E-state index in [1.54, 1.807) is 17.1 Å². The highest BCUT2D eigenvalue weighted by atomic mass is 32.1. The molecule has 0 saturated heterocycles. The zero-order valence-electron chi connectivity index (χ0n) is 13.4. The molecule has 0 spiro atoms. The number of nitrogens with one attached hydrogen (secondary N) is 1. The Morgan fingerprint density at radius 3 is 3.04 bits per heavy atom. The fourth-order valence-electron chi connectivity index (χ4n) is 2.56. The summed E-state index contributed by atoms with van der Waals surface area (Å²) in [5, 5.41) is 5.35. The first-order valence-electron chi connectivity index (χ1n) is 7.63. The summed E-state index contributed by atoms with van der Waals surface area (Å²) in [6.45, 7) is 2.17. The molecule has 8 heteroatoms. The number of rotatable bonds is 4. The van der Waals surface area contributed by atoms with Gasteiger partial charge < -0.3 is 9.88 Å². The lowest BCUT2D eigenvalue weighted by Crippen LogP contribution is -2.18. The van der Waals surface area contributed by atoms with Gasteiger partial charge in [0.15, 0.2) is 10.8 Å². The first-order chi connectivity index (χ1) is 12.2. The molecular formula is C17H14N6OS. The second-order valence-corrected chi connectivity index (χ2v) is 6.36. The number of anilines is 1. The molecule has 0 aliphatic heterocycles. The summed E-state index contributed by atoms with van der Waals surface area (Å²) in [6, 6.07) is 8.03.